The van der Waals surface area contributed by atoms with Gasteiger partial charge in [0.1, 0.15) is 0 Å². The first-order valence-corrected chi connectivity index (χ1v) is 8.67. The second kappa shape index (κ2) is 11.4. The summed E-state index contributed by atoms with van der Waals surface area (Å²) in [5, 5.41) is 0. The highest BCUT2D eigenvalue weighted by Crippen LogP contribution is 2.29. The minimum absolute atomic E-state index is 1.07. The van der Waals surface area contributed by atoms with Gasteiger partial charge in [-0.25, -0.2) is 0 Å². The molecular weight excluding hydrogens is 224 g/mol. The fourth-order valence-corrected chi connectivity index (χ4v) is 3.30. The molecule has 0 aliphatic heterocycles. The minimum atomic E-state index is 1.07. The van der Waals surface area contributed by atoms with E-state index in [0.717, 1.165) is 11.7 Å². The lowest BCUT2D eigenvalue weighted by Crippen LogP contribution is -1.92. The Balaban J connectivity index is 1.69. The minimum Gasteiger partial charge on any atom is -0.179 e. The van der Waals surface area contributed by atoms with Gasteiger partial charge in [0.2, 0.25) is 0 Å². The average molecular weight is 256 g/mol. The van der Waals surface area contributed by atoms with Crippen molar-refractivity contribution in [3.8, 4) is 0 Å². The van der Waals surface area contributed by atoms with Gasteiger partial charge in [0.25, 0.3) is 0 Å². The molecule has 0 aromatic carbocycles. The molecule has 0 atom stereocenters. The monoisotopic (exact) mass is 256 g/mol. The highest BCUT2D eigenvalue weighted by Gasteiger charge is 2.13. The molecule has 0 nitrogen and oxygen atoms in total. The molecular formula is C16H32S. The van der Waals surface area contributed by atoms with Gasteiger partial charge in [-0.1, -0.05) is 83.5 Å². The third-order valence-electron chi connectivity index (χ3n) is 4.25. The largest absolute Gasteiger partial charge is 0.179 e. The molecule has 0 amide bonds. The molecule has 0 spiro atoms. The summed E-state index contributed by atoms with van der Waals surface area (Å²) in [6.45, 7) is 0. The van der Waals surface area contributed by atoms with Crippen LogP contribution in [0, 0.1) is 5.92 Å². The lowest BCUT2D eigenvalue weighted by atomic mass is 9.99. The molecule has 1 rings (SSSR count). The molecule has 17 heavy (non-hydrogen) atoms. The Morgan fingerprint density at radius 2 is 1.12 bits per heavy atom. The van der Waals surface area contributed by atoms with E-state index in [2.05, 4.69) is 12.6 Å². The maximum Gasteiger partial charge on any atom is -0.00979 e. The molecule has 0 aromatic heterocycles. The zero-order valence-electron chi connectivity index (χ0n) is 11.6. The maximum absolute atomic E-state index is 4.24. The van der Waals surface area contributed by atoms with Crippen LogP contribution < -0.4 is 0 Å². The van der Waals surface area contributed by atoms with E-state index in [-0.39, 0.29) is 0 Å². The maximum atomic E-state index is 4.24. The van der Waals surface area contributed by atoms with Gasteiger partial charge in [-0.2, -0.15) is 12.6 Å². The Morgan fingerprint density at radius 3 is 1.65 bits per heavy atom. The molecule has 1 saturated carbocycles. The van der Waals surface area contributed by atoms with Crippen molar-refractivity contribution >= 4 is 12.6 Å². The van der Waals surface area contributed by atoms with Crippen molar-refractivity contribution in [2.24, 2.45) is 5.92 Å². The lowest BCUT2D eigenvalue weighted by Gasteiger charge is -2.07. The molecule has 0 aromatic rings. The van der Waals surface area contributed by atoms with Crippen molar-refractivity contribution < 1.29 is 0 Å². The summed E-state index contributed by atoms with van der Waals surface area (Å²) in [5.41, 5.74) is 0. The van der Waals surface area contributed by atoms with Crippen LogP contribution in [0.25, 0.3) is 0 Å². The standard InChI is InChI=1S/C16H32S/c17-15-11-7-5-3-1-2-4-6-8-12-16-13-9-10-14-16/h16-17H,1-15H2. The van der Waals surface area contributed by atoms with Crippen molar-refractivity contribution in [2.75, 3.05) is 5.75 Å². The van der Waals surface area contributed by atoms with Gasteiger partial charge in [0, 0.05) is 0 Å². The molecule has 102 valence electrons. The number of thiol groups is 1. The Kier molecular flexibility index (Phi) is 10.4. The third-order valence-corrected chi connectivity index (χ3v) is 4.56. The van der Waals surface area contributed by atoms with Crippen LogP contribution in [0.2, 0.25) is 0 Å². The molecule has 1 aliphatic carbocycles. The van der Waals surface area contributed by atoms with E-state index in [0.29, 0.717) is 0 Å². The summed E-state index contributed by atoms with van der Waals surface area (Å²) in [6, 6.07) is 0. The molecule has 1 heteroatoms. The fraction of sp³-hybridized carbons (Fsp3) is 1.00. The number of unbranched alkanes of at least 4 members (excludes halogenated alkanes) is 8. The van der Waals surface area contributed by atoms with Gasteiger partial charge in [0.15, 0.2) is 0 Å². The second-order valence-electron chi connectivity index (χ2n) is 5.84. The van der Waals surface area contributed by atoms with E-state index in [1.165, 1.54) is 89.9 Å². The Bertz CT molecular complexity index is 150. The van der Waals surface area contributed by atoms with Crippen LogP contribution in [0.5, 0.6) is 0 Å². The normalized spacial score (nSPS) is 16.8. The van der Waals surface area contributed by atoms with Crippen LogP contribution in [-0.4, -0.2) is 5.75 Å². The molecule has 0 radical (unpaired) electrons. The van der Waals surface area contributed by atoms with Crippen molar-refractivity contribution in [1.29, 1.82) is 0 Å². The fourth-order valence-electron chi connectivity index (χ4n) is 3.08. The Hall–Kier alpha value is 0.350. The summed E-state index contributed by atoms with van der Waals surface area (Å²) in [7, 11) is 0. The number of rotatable bonds is 11. The van der Waals surface area contributed by atoms with Gasteiger partial charge < -0.3 is 0 Å². The van der Waals surface area contributed by atoms with E-state index in [1.807, 2.05) is 0 Å². The van der Waals surface area contributed by atoms with E-state index < -0.39 is 0 Å². The summed E-state index contributed by atoms with van der Waals surface area (Å²) in [5.74, 6) is 2.18. The van der Waals surface area contributed by atoms with Gasteiger partial charge in [-0.15, -0.1) is 0 Å². The van der Waals surface area contributed by atoms with Crippen molar-refractivity contribution in [3.05, 3.63) is 0 Å². The molecule has 1 aliphatic rings. The van der Waals surface area contributed by atoms with Gasteiger partial charge in [-0.05, 0) is 18.1 Å². The van der Waals surface area contributed by atoms with Crippen LogP contribution in [0.4, 0.5) is 0 Å². The Morgan fingerprint density at radius 1 is 0.647 bits per heavy atom. The van der Waals surface area contributed by atoms with Gasteiger partial charge in [-0.3, -0.25) is 0 Å². The summed E-state index contributed by atoms with van der Waals surface area (Å²) < 4.78 is 0. The molecule has 0 unspecified atom stereocenters. The average Bonchev–Trinajstić information content (AvgIpc) is 2.85. The van der Waals surface area contributed by atoms with Gasteiger partial charge in [0.05, 0.1) is 0 Å². The first-order valence-electron chi connectivity index (χ1n) is 8.04. The SMILES string of the molecule is SCCCCCCCCCCCC1CCCC1. The lowest BCUT2D eigenvalue weighted by molar-refractivity contribution is 0.460. The number of hydrogen-bond donors (Lipinski definition) is 1. The van der Waals surface area contributed by atoms with Gasteiger partial charge >= 0.3 is 0 Å². The van der Waals surface area contributed by atoms with Crippen LogP contribution in [0.15, 0.2) is 0 Å². The predicted molar refractivity (Wildman–Crippen MR) is 82.0 cm³/mol. The van der Waals surface area contributed by atoms with Crippen LogP contribution in [0.1, 0.15) is 89.9 Å². The first-order chi connectivity index (χ1) is 8.43. The second-order valence-corrected chi connectivity index (χ2v) is 6.29. The van der Waals surface area contributed by atoms with Crippen molar-refractivity contribution in [1.82, 2.24) is 0 Å². The quantitative estimate of drug-likeness (QED) is 0.340. The molecule has 0 heterocycles. The highest BCUT2D eigenvalue weighted by atomic mass is 32.1. The van der Waals surface area contributed by atoms with E-state index >= 15 is 0 Å². The smallest absolute Gasteiger partial charge is 0.00979 e. The van der Waals surface area contributed by atoms with E-state index in [4.69, 9.17) is 0 Å². The predicted octanol–water partition coefficient (Wildman–Crippen LogP) is 6.01. The summed E-state index contributed by atoms with van der Waals surface area (Å²) in [6.07, 6.45) is 20.6. The first kappa shape index (κ1) is 15.4. The van der Waals surface area contributed by atoms with E-state index in [1.54, 1.807) is 0 Å². The third kappa shape index (κ3) is 8.99. The van der Waals surface area contributed by atoms with E-state index in [9.17, 15) is 0 Å². The summed E-state index contributed by atoms with van der Waals surface area (Å²) >= 11 is 4.24. The van der Waals surface area contributed by atoms with Crippen LogP contribution in [-0.2, 0) is 0 Å². The molecule has 0 N–H and O–H groups in total. The van der Waals surface area contributed by atoms with Crippen LogP contribution >= 0.6 is 12.6 Å². The summed E-state index contributed by atoms with van der Waals surface area (Å²) in [4.78, 5) is 0. The Labute approximate surface area is 114 Å². The topological polar surface area (TPSA) is 0 Å². The highest BCUT2D eigenvalue weighted by molar-refractivity contribution is 7.80. The number of hydrogen-bond acceptors (Lipinski definition) is 1. The van der Waals surface area contributed by atoms with Crippen LogP contribution in [0.3, 0.4) is 0 Å². The molecule has 0 saturated heterocycles. The molecule has 1 fully saturated rings. The zero-order valence-corrected chi connectivity index (χ0v) is 12.5. The van der Waals surface area contributed by atoms with Crippen molar-refractivity contribution in [2.45, 2.75) is 89.9 Å². The molecule has 0 bridgehead atoms. The zero-order chi connectivity index (χ0) is 12.2. The van der Waals surface area contributed by atoms with Crippen molar-refractivity contribution in [3.63, 3.8) is 0 Å².